The summed E-state index contributed by atoms with van der Waals surface area (Å²) in [6.07, 6.45) is 1.62. The van der Waals surface area contributed by atoms with Crippen LogP contribution in [0.25, 0.3) is 11.6 Å². The number of carbonyl (C=O) groups excluding carboxylic acids is 2. The van der Waals surface area contributed by atoms with Crippen molar-refractivity contribution in [2.24, 2.45) is 0 Å². The summed E-state index contributed by atoms with van der Waals surface area (Å²) in [6.45, 7) is 2.24. The molecule has 0 atom stereocenters. The largest absolute Gasteiger partial charge is 0.497 e. The molecule has 1 amide bonds. The van der Waals surface area contributed by atoms with Crippen LogP contribution in [-0.4, -0.2) is 35.5 Å². The maximum absolute atomic E-state index is 13.1. The van der Waals surface area contributed by atoms with E-state index < -0.39 is 17.2 Å². The third kappa shape index (κ3) is 3.06. The third-order valence-electron chi connectivity index (χ3n) is 4.91. The average Bonchev–Trinajstić information content (AvgIpc) is 3.09. The number of ether oxygens (including phenoxy) is 1. The summed E-state index contributed by atoms with van der Waals surface area (Å²) in [5, 5.41) is 5.61. The Balaban J connectivity index is 2.02. The zero-order chi connectivity index (χ0) is 20.5. The van der Waals surface area contributed by atoms with Crippen LogP contribution in [0.5, 0.6) is 5.75 Å². The summed E-state index contributed by atoms with van der Waals surface area (Å²) < 4.78 is 5.22. The predicted molar refractivity (Wildman–Crippen MR) is 109 cm³/mol. The van der Waals surface area contributed by atoms with Gasteiger partial charge in [-0.1, -0.05) is 24.3 Å². The fourth-order valence-electron chi connectivity index (χ4n) is 3.51. The molecule has 0 aliphatic carbocycles. The van der Waals surface area contributed by atoms with Crippen LogP contribution in [0.2, 0.25) is 0 Å². The number of carbonyl (C=O) groups is 2. The van der Waals surface area contributed by atoms with Gasteiger partial charge in [0.1, 0.15) is 11.3 Å². The molecule has 2 aromatic carbocycles. The van der Waals surface area contributed by atoms with Gasteiger partial charge in [-0.2, -0.15) is 0 Å². The first-order valence-corrected chi connectivity index (χ1v) is 9.17. The standard InChI is InChI=1S/C22H19N3O4/c1-3-25-17-10-5-4-9-15(17)20(26)18(22(25)28)19-16(21(27)24-23-19)12-13-7-6-8-14(11-13)29-2/h4-12,23H,3H2,1-2H3,(H,24,27)/b16-12-,19-18?. The summed E-state index contributed by atoms with van der Waals surface area (Å²) >= 11 is 0. The van der Waals surface area contributed by atoms with Gasteiger partial charge in [0.15, 0.2) is 0 Å². The molecule has 2 N–H and O–H groups in total. The Bertz CT molecular complexity index is 1300. The molecule has 0 unspecified atom stereocenters. The van der Waals surface area contributed by atoms with Crippen LogP contribution in [0, 0.1) is 0 Å². The Labute approximate surface area is 165 Å². The summed E-state index contributed by atoms with van der Waals surface area (Å²) in [7, 11) is 1.56. The quantitative estimate of drug-likeness (QED) is 0.697. The Hall–Kier alpha value is -3.87. The molecule has 1 aliphatic heterocycles. The second kappa shape index (κ2) is 7.27. The number of benzene rings is 2. The predicted octanol–water partition coefficient (Wildman–Crippen LogP) is 0.941. The molecule has 2 heterocycles. The average molecular weight is 389 g/mol. The summed E-state index contributed by atoms with van der Waals surface area (Å²) in [4.78, 5) is 40.3. The van der Waals surface area contributed by atoms with Crippen LogP contribution < -0.4 is 25.8 Å². The highest BCUT2D eigenvalue weighted by molar-refractivity contribution is 6.51. The van der Waals surface area contributed by atoms with Crippen molar-refractivity contribution in [3.05, 3.63) is 80.6 Å². The number of nitrogens with one attached hydrogen (secondary N) is 2. The number of H-pyrrole nitrogens is 2. The first-order valence-electron chi connectivity index (χ1n) is 9.17. The lowest BCUT2D eigenvalue weighted by Crippen LogP contribution is -2.45. The molecule has 4 rings (SSSR count). The zero-order valence-corrected chi connectivity index (χ0v) is 16.0. The molecule has 0 spiro atoms. The van der Waals surface area contributed by atoms with Crippen molar-refractivity contribution in [3.8, 4) is 5.75 Å². The van der Waals surface area contributed by atoms with Crippen molar-refractivity contribution < 1.29 is 14.3 Å². The SMILES string of the molecule is CCN1C(=O)C(=c2[nH][nH]c(=O)/c2=C\c2cccc(OC)c2)C(=O)c2ccccc21. The topological polar surface area (TPSA) is 95.3 Å². The molecule has 3 aromatic rings. The Kier molecular flexibility index (Phi) is 4.64. The van der Waals surface area contributed by atoms with Crippen molar-refractivity contribution in [3.63, 3.8) is 0 Å². The molecule has 0 saturated carbocycles. The van der Waals surface area contributed by atoms with E-state index in [0.717, 1.165) is 0 Å². The van der Waals surface area contributed by atoms with Crippen LogP contribution in [0.3, 0.4) is 0 Å². The van der Waals surface area contributed by atoms with Gasteiger partial charge in [0.25, 0.3) is 11.5 Å². The summed E-state index contributed by atoms with van der Waals surface area (Å²) in [5.41, 5.74) is 1.24. The summed E-state index contributed by atoms with van der Waals surface area (Å²) in [6, 6.07) is 14.1. The number of hydrogen-bond acceptors (Lipinski definition) is 4. The van der Waals surface area contributed by atoms with Gasteiger partial charge in [-0.15, -0.1) is 0 Å². The number of nitrogens with zero attached hydrogens (tertiary/aromatic N) is 1. The number of methoxy groups -OCH3 is 1. The highest BCUT2D eigenvalue weighted by Crippen LogP contribution is 2.29. The smallest absolute Gasteiger partial charge is 0.271 e. The number of amides is 1. The van der Waals surface area contributed by atoms with Crippen LogP contribution in [-0.2, 0) is 4.79 Å². The molecule has 7 nitrogen and oxygen atoms in total. The molecule has 146 valence electrons. The van der Waals surface area contributed by atoms with E-state index in [1.807, 2.05) is 13.0 Å². The van der Waals surface area contributed by atoms with Crippen molar-refractivity contribution in [2.45, 2.75) is 6.92 Å². The molecule has 1 aromatic heterocycles. The van der Waals surface area contributed by atoms with Gasteiger partial charge in [-0.3, -0.25) is 24.6 Å². The van der Waals surface area contributed by atoms with Gasteiger partial charge in [-0.25, -0.2) is 0 Å². The maximum atomic E-state index is 13.1. The lowest BCUT2D eigenvalue weighted by atomic mass is 9.94. The lowest BCUT2D eigenvalue weighted by Gasteiger charge is -2.28. The van der Waals surface area contributed by atoms with Gasteiger partial charge in [0.2, 0.25) is 5.78 Å². The fraction of sp³-hybridized carbons (Fsp3) is 0.136. The molecular formula is C22H19N3O4. The van der Waals surface area contributed by atoms with Gasteiger partial charge < -0.3 is 9.64 Å². The van der Waals surface area contributed by atoms with E-state index in [9.17, 15) is 14.4 Å². The molecule has 0 fully saturated rings. The third-order valence-corrected chi connectivity index (χ3v) is 4.91. The number of Topliss-reactive ketones (excluding diaryl/α,β-unsaturated/α-hetero) is 1. The lowest BCUT2D eigenvalue weighted by molar-refractivity contribution is -0.113. The van der Waals surface area contributed by atoms with E-state index in [1.165, 1.54) is 4.90 Å². The van der Waals surface area contributed by atoms with Crippen LogP contribution >= 0.6 is 0 Å². The van der Waals surface area contributed by atoms with Gasteiger partial charge in [0.05, 0.1) is 23.4 Å². The van der Waals surface area contributed by atoms with Gasteiger partial charge in [0, 0.05) is 12.1 Å². The maximum Gasteiger partial charge on any atom is 0.271 e. The van der Waals surface area contributed by atoms with Crippen molar-refractivity contribution >= 4 is 29.0 Å². The number of aromatic nitrogens is 2. The Morgan fingerprint density at radius 2 is 1.83 bits per heavy atom. The number of rotatable bonds is 3. The van der Waals surface area contributed by atoms with Gasteiger partial charge >= 0.3 is 0 Å². The van der Waals surface area contributed by atoms with Crippen molar-refractivity contribution in [1.29, 1.82) is 0 Å². The van der Waals surface area contributed by atoms with Crippen molar-refractivity contribution in [2.75, 3.05) is 18.6 Å². The first kappa shape index (κ1) is 18.5. The van der Waals surface area contributed by atoms with Crippen LogP contribution in [0.15, 0.2) is 53.3 Å². The zero-order valence-electron chi connectivity index (χ0n) is 16.0. The van der Waals surface area contributed by atoms with E-state index in [0.29, 0.717) is 29.1 Å². The number of fused-ring (bicyclic) bond motifs is 1. The molecular weight excluding hydrogens is 370 g/mol. The first-order chi connectivity index (χ1) is 14.0. The number of ketones is 1. The molecule has 1 aliphatic rings. The van der Waals surface area contributed by atoms with E-state index in [-0.39, 0.29) is 16.1 Å². The van der Waals surface area contributed by atoms with Crippen LogP contribution in [0.1, 0.15) is 22.8 Å². The highest BCUT2D eigenvalue weighted by Gasteiger charge is 2.35. The minimum absolute atomic E-state index is 0.0574. The summed E-state index contributed by atoms with van der Waals surface area (Å²) in [5.74, 6) is -0.214. The minimum atomic E-state index is -0.438. The van der Waals surface area contributed by atoms with E-state index in [4.69, 9.17) is 4.74 Å². The second-order valence-corrected chi connectivity index (χ2v) is 6.56. The fourth-order valence-corrected chi connectivity index (χ4v) is 3.51. The number of para-hydroxylation sites is 1. The minimum Gasteiger partial charge on any atom is -0.497 e. The Morgan fingerprint density at radius 3 is 2.59 bits per heavy atom. The molecule has 29 heavy (non-hydrogen) atoms. The van der Waals surface area contributed by atoms with E-state index >= 15 is 0 Å². The van der Waals surface area contributed by atoms with Crippen LogP contribution in [0.4, 0.5) is 5.69 Å². The number of anilines is 1. The number of aromatic amines is 2. The van der Waals surface area contributed by atoms with Gasteiger partial charge in [-0.05, 0) is 42.8 Å². The molecule has 0 radical (unpaired) electrons. The normalized spacial score (nSPS) is 16.2. The van der Waals surface area contributed by atoms with E-state index in [1.54, 1.807) is 55.7 Å². The Morgan fingerprint density at radius 1 is 1.03 bits per heavy atom. The number of hydrogen-bond donors (Lipinski definition) is 2. The molecule has 0 saturated heterocycles. The monoisotopic (exact) mass is 389 g/mol. The molecule has 7 heteroatoms. The molecule has 0 bridgehead atoms. The second-order valence-electron chi connectivity index (χ2n) is 6.56. The highest BCUT2D eigenvalue weighted by atomic mass is 16.5. The van der Waals surface area contributed by atoms with E-state index in [2.05, 4.69) is 10.2 Å². The van der Waals surface area contributed by atoms with Crippen molar-refractivity contribution in [1.82, 2.24) is 10.2 Å².